The third-order valence-electron chi connectivity index (χ3n) is 5.46. The average molecular weight is 432 g/mol. The molecule has 7 heteroatoms. The monoisotopic (exact) mass is 431 g/mol. The van der Waals surface area contributed by atoms with Gasteiger partial charge in [-0.1, -0.05) is 48.5 Å². The predicted octanol–water partition coefficient (Wildman–Crippen LogP) is 3.12. The van der Waals surface area contributed by atoms with Gasteiger partial charge in [-0.05, 0) is 43.5 Å². The van der Waals surface area contributed by atoms with E-state index in [0.717, 1.165) is 43.6 Å². The van der Waals surface area contributed by atoms with Crippen LogP contribution in [-0.4, -0.2) is 66.1 Å². The number of rotatable bonds is 8. The average Bonchev–Trinajstić information content (AvgIpc) is 2.70. The minimum Gasteiger partial charge on any atom is -0.480 e. The molecule has 0 aromatic heterocycles. The van der Waals surface area contributed by atoms with Crippen LogP contribution in [0, 0.1) is 0 Å². The van der Waals surface area contributed by atoms with E-state index < -0.39 is 5.97 Å². The van der Waals surface area contributed by atoms with Crippen LogP contribution in [0.1, 0.15) is 24.0 Å². The normalized spacial score (nSPS) is 14.9. The summed E-state index contributed by atoms with van der Waals surface area (Å²) in [6.45, 7) is 2.01. The van der Waals surface area contributed by atoms with Crippen molar-refractivity contribution in [3.05, 3.63) is 65.7 Å². The number of anilines is 1. The third-order valence-corrected chi connectivity index (χ3v) is 5.46. The van der Waals surface area contributed by atoms with Crippen molar-refractivity contribution in [2.24, 2.45) is 0 Å². The zero-order chi connectivity index (χ0) is 20.6. The first-order chi connectivity index (χ1) is 14.0. The predicted molar refractivity (Wildman–Crippen MR) is 121 cm³/mol. The van der Waals surface area contributed by atoms with Crippen molar-refractivity contribution >= 4 is 30.0 Å². The molecule has 162 valence electrons. The van der Waals surface area contributed by atoms with E-state index in [0.29, 0.717) is 6.54 Å². The Morgan fingerprint density at radius 1 is 1.07 bits per heavy atom. The summed E-state index contributed by atoms with van der Waals surface area (Å²) in [7, 11) is 1.85. The van der Waals surface area contributed by atoms with Crippen LogP contribution in [0.4, 0.5) is 5.69 Å². The number of aliphatic carboxylic acids is 1. The van der Waals surface area contributed by atoms with Gasteiger partial charge in [-0.2, -0.15) is 0 Å². The zero-order valence-corrected chi connectivity index (χ0v) is 18.1. The molecule has 0 saturated carbocycles. The van der Waals surface area contributed by atoms with Crippen molar-refractivity contribution in [1.29, 1.82) is 0 Å². The highest BCUT2D eigenvalue weighted by Gasteiger charge is 2.24. The number of halogens is 1. The molecule has 1 heterocycles. The number of carbonyl (C=O) groups excluding carboxylic acids is 1. The number of nitrogens with zero attached hydrogens (tertiary/aromatic N) is 2. The number of nitrogens with one attached hydrogen (secondary N) is 1. The molecule has 0 spiro atoms. The summed E-state index contributed by atoms with van der Waals surface area (Å²) in [6, 6.07) is 18.4. The molecule has 1 fully saturated rings. The van der Waals surface area contributed by atoms with E-state index in [1.807, 2.05) is 54.4 Å². The summed E-state index contributed by atoms with van der Waals surface area (Å²) in [5.41, 5.74) is 3.17. The second-order valence-electron chi connectivity index (χ2n) is 7.68. The number of benzene rings is 2. The molecule has 3 rings (SSSR count). The second-order valence-corrected chi connectivity index (χ2v) is 7.68. The molecule has 2 N–H and O–H groups in total. The molecule has 2 aromatic carbocycles. The van der Waals surface area contributed by atoms with Crippen LogP contribution >= 0.6 is 12.4 Å². The van der Waals surface area contributed by atoms with Crippen LogP contribution in [0.15, 0.2) is 54.6 Å². The molecule has 0 aliphatic carbocycles. The van der Waals surface area contributed by atoms with E-state index in [1.54, 1.807) is 0 Å². The lowest BCUT2D eigenvalue weighted by Gasteiger charge is -2.35. The minimum absolute atomic E-state index is 0. The van der Waals surface area contributed by atoms with Crippen molar-refractivity contribution < 1.29 is 14.7 Å². The van der Waals surface area contributed by atoms with Gasteiger partial charge in [0, 0.05) is 24.8 Å². The van der Waals surface area contributed by atoms with Gasteiger partial charge in [-0.3, -0.25) is 19.4 Å². The largest absolute Gasteiger partial charge is 0.480 e. The van der Waals surface area contributed by atoms with Gasteiger partial charge in [-0.25, -0.2) is 0 Å². The number of hydrogen-bond acceptors (Lipinski definition) is 4. The first-order valence-electron chi connectivity index (χ1n) is 10.1. The fraction of sp³-hybridized carbons (Fsp3) is 0.391. The summed E-state index contributed by atoms with van der Waals surface area (Å²) < 4.78 is 0. The Bertz CT molecular complexity index is 823. The van der Waals surface area contributed by atoms with Crippen LogP contribution in [0.2, 0.25) is 0 Å². The van der Waals surface area contributed by atoms with Crippen LogP contribution in [0.3, 0.4) is 0 Å². The summed E-state index contributed by atoms with van der Waals surface area (Å²) in [5.74, 6) is -0.814. The van der Waals surface area contributed by atoms with Crippen molar-refractivity contribution in [1.82, 2.24) is 9.80 Å². The first-order valence-corrected chi connectivity index (χ1v) is 10.1. The number of carboxylic acid groups (broad SMARTS) is 1. The Labute approximate surface area is 184 Å². The van der Waals surface area contributed by atoms with Gasteiger partial charge in [0.1, 0.15) is 0 Å². The maximum atomic E-state index is 12.6. The SMILES string of the molecule is CN(CC(=O)O)C1CCN(CC(=O)Nc2ccccc2Cc2ccccc2)CC1.Cl. The second kappa shape index (κ2) is 11.7. The highest BCUT2D eigenvalue weighted by Crippen LogP contribution is 2.20. The number of carbonyl (C=O) groups is 2. The molecule has 1 amide bonds. The Morgan fingerprint density at radius 3 is 2.37 bits per heavy atom. The fourth-order valence-electron chi connectivity index (χ4n) is 3.87. The number of likely N-dealkylation sites (tertiary alicyclic amines) is 1. The van der Waals surface area contributed by atoms with Crippen molar-refractivity contribution in [3.63, 3.8) is 0 Å². The van der Waals surface area contributed by atoms with Crippen molar-refractivity contribution in [2.75, 3.05) is 38.5 Å². The maximum Gasteiger partial charge on any atom is 0.317 e. The molecule has 1 aliphatic heterocycles. The van der Waals surface area contributed by atoms with Crippen LogP contribution in [0.5, 0.6) is 0 Å². The van der Waals surface area contributed by atoms with Gasteiger partial charge >= 0.3 is 5.97 Å². The summed E-state index contributed by atoms with van der Waals surface area (Å²) >= 11 is 0. The Kier molecular flexibility index (Phi) is 9.30. The van der Waals surface area contributed by atoms with E-state index >= 15 is 0 Å². The van der Waals surface area contributed by atoms with Crippen LogP contribution in [-0.2, 0) is 16.0 Å². The standard InChI is InChI=1S/C23H29N3O3.ClH/c1-25(17-23(28)29)20-11-13-26(14-12-20)16-22(27)24-21-10-6-5-9-19(21)15-18-7-3-2-4-8-18;/h2-10,20H,11-17H2,1H3,(H,24,27)(H,28,29);1H. The lowest BCUT2D eigenvalue weighted by Crippen LogP contribution is -2.46. The van der Waals surface area contributed by atoms with E-state index in [-0.39, 0.29) is 30.9 Å². The minimum atomic E-state index is -0.802. The van der Waals surface area contributed by atoms with Gasteiger partial charge in [0.25, 0.3) is 0 Å². The molecular formula is C23H30ClN3O3. The lowest BCUT2D eigenvalue weighted by atomic mass is 10.0. The number of piperidine rings is 1. The summed E-state index contributed by atoms with van der Waals surface area (Å²) in [4.78, 5) is 27.5. The maximum absolute atomic E-state index is 12.6. The smallest absolute Gasteiger partial charge is 0.317 e. The highest BCUT2D eigenvalue weighted by atomic mass is 35.5. The Morgan fingerprint density at radius 2 is 1.70 bits per heavy atom. The molecule has 1 aliphatic rings. The summed E-state index contributed by atoms with van der Waals surface area (Å²) in [6.07, 6.45) is 2.53. The number of para-hydroxylation sites is 1. The highest BCUT2D eigenvalue weighted by molar-refractivity contribution is 5.93. The van der Waals surface area contributed by atoms with E-state index in [2.05, 4.69) is 22.3 Å². The number of amides is 1. The van der Waals surface area contributed by atoms with Gasteiger partial charge in [0.2, 0.25) is 5.91 Å². The fourth-order valence-corrected chi connectivity index (χ4v) is 3.87. The molecule has 0 atom stereocenters. The van der Waals surface area contributed by atoms with Crippen LogP contribution < -0.4 is 5.32 Å². The summed E-state index contributed by atoms with van der Waals surface area (Å²) in [5, 5.41) is 12.0. The molecule has 30 heavy (non-hydrogen) atoms. The Balaban J connectivity index is 0.00000320. The molecule has 6 nitrogen and oxygen atoms in total. The Hall–Kier alpha value is -2.41. The first kappa shape index (κ1) is 23.9. The van der Waals surface area contributed by atoms with Gasteiger partial charge < -0.3 is 10.4 Å². The molecule has 0 bridgehead atoms. The van der Waals surface area contributed by atoms with Crippen LogP contribution in [0.25, 0.3) is 0 Å². The van der Waals surface area contributed by atoms with E-state index in [1.165, 1.54) is 5.56 Å². The van der Waals surface area contributed by atoms with E-state index in [4.69, 9.17) is 5.11 Å². The number of carboxylic acids is 1. The van der Waals surface area contributed by atoms with Gasteiger partial charge in [0.15, 0.2) is 0 Å². The number of hydrogen-bond donors (Lipinski definition) is 2. The zero-order valence-electron chi connectivity index (χ0n) is 17.3. The molecular weight excluding hydrogens is 402 g/mol. The third kappa shape index (κ3) is 7.13. The molecule has 1 saturated heterocycles. The van der Waals surface area contributed by atoms with E-state index in [9.17, 15) is 9.59 Å². The molecule has 2 aromatic rings. The molecule has 0 unspecified atom stereocenters. The quantitative estimate of drug-likeness (QED) is 0.671. The van der Waals surface area contributed by atoms with Gasteiger partial charge in [-0.15, -0.1) is 12.4 Å². The number of likely N-dealkylation sites (N-methyl/N-ethyl adjacent to an activating group) is 1. The van der Waals surface area contributed by atoms with Crippen molar-refractivity contribution in [3.8, 4) is 0 Å². The topological polar surface area (TPSA) is 72.9 Å². The van der Waals surface area contributed by atoms with Gasteiger partial charge in [0.05, 0.1) is 13.1 Å². The molecule has 0 radical (unpaired) electrons. The van der Waals surface area contributed by atoms with Crippen molar-refractivity contribution in [2.45, 2.75) is 25.3 Å². The lowest BCUT2D eigenvalue weighted by molar-refractivity contribution is -0.138.